The lowest BCUT2D eigenvalue weighted by molar-refractivity contribution is -0.121. The maximum Gasteiger partial charge on any atom is 0.220 e. The third-order valence-corrected chi connectivity index (χ3v) is 5.54. The van der Waals surface area contributed by atoms with E-state index in [4.69, 9.17) is 0 Å². The van der Waals surface area contributed by atoms with Crippen LogP contribution in [-0.4, -0.2) is 60.1 Å². The summed E-state index contributed by atoms with van der Waals surface area (Å²) in [6.07, 6.45) is 17.9. The zero-order valence-electron chi connectivity index (χ0n) is 21.1. The van der Waals surface area contributed by atoms with E-state index in [2.05, 4.69) is 53.7 Å². The van der Waals surface area contributed by atoms with E-state index in [9.17, 15) is 14.7 Å². The van der Waals surface area contributed by atoms with E-state index >= 15 is 0 Å². The van der Waals surface area contributed by atoms with Crippen LogP contribution in [0.2, 0.25) is 0 Å². The summed E-state index contributed by atoms with van der Waals surface area (Å²) in [5.41, 5.74) is 0. The highest BCUT2D eigenvalue weighted by molar-refractivity contribution is 5.76. The van der Waals surface area contributed by atoms with Crippen molar-refractivity contribution in [3.63, 3.8) is 0 Å². The average molecular weight is 452 g/mol. The number of nitrogens with zero attached hydrogens (tertiary/aromatic N) is 1. The number of unbranched alkanes of at least 4 members (excludes halogenated alkanes) is 4. The molecule has 32 heavy (non-hydrogen) atoms. The highest BCUT2D eigenvalue weighted by Crippen LogP contribution is 2.06. The Bertz CT molecular complexity index is 490. The molecule has 0 aliphatic carbocycles. The largest absolute Gasteiger partial charge is 0.395 e. The van der Waals surface area contributed by atoms with Gasteiger partial charge in [-0.2, -0.15) is 0 Å². The highest BCUT2D eigenvalue weighted by atomic mass is 16.3. The van der Waals surface area contributed by atoms with Crippen LogP contribution in [-0.2, 0) is 9.59 Å². The lowest BCUT2D eigenvalue weighted by atomic mass is 10.1. The van der Waals surface area contributed by atoms with Crippen LogP contribution in [0.3, 0.4) is 0 Å². The quantitative estimate of drug-likeness (QED) is 0.190. The lowest BCUT2D eigenvalue weighted by Gasteiger charge is -2.34. The molecule has 6 nitrogen and oxygen atoms in total. The fourth-order valence-electron chi connectivity index (χ4n) is 3.47. The van der Waals surface area contributed by atoms with Crippen LogP contribution in [0, 0.1) is 0 Å². The first kappa shape index (κ1) is 30.3. The van der Waals surface area contributed by atoms with Gasteiger partial charge in [-0.25, -0.2) is 0 Å². The Morgan fingerprint density at radius 1 is 0.781 bits per heavy atom. The predicted molar refractivity (Wildman–Crippen MR) is 135 cm³/mol. The molecule has 0 aliphatic heterocycles. The second-order valence-corrected chi connectivity index (χ2v) is 8.57. The molecule has 0 aromatic rings. The van der Waals surface area contributed by atoms with Crippen molar-refractivity contribution in [1.82, 2.24) is 15.5 Å². The second-order valence-electron chi connectivity index (χ2n) is 8.57. The third-order valence-electron chi connectivity index (χ3n) is 5.54. The first-order valence-corrected chi connectivity index (χ1v) is 12.7. The number of carbonyl (C=O) groups is 2. The average Bonchev–Trinajstić information content (AvgIpc) is 2.78. The molecular weight excluding hydrogens is 402 g/mol. The number of nitrogens with one attached hydrogen (secondary N) is 2. The Labute approximate surface area is 196 Å². The molecule has 0 spiro atoms. The summed E-state index contributed by atoms with van der Waals surface area (Å²) in [5, 5.41) is 15.5. The minimum absolute atomic E-state index is 0.0433. The van der Waals surface area contributed by atoms with E-state index in [1.165, 1.54) is 25.7 Å². The Balaban J connectivity index is 4.25. The normalized spacial score (nSPS) is 13.7. The number of amides is 2. The lowest BCUT2D eigenvalue weighted by Crippen LogP contribution is -2.51. The monoisotopic (exact) mass is 451 g/mol. The summed E-state index contributed by atoms with van der Waals surface area (Å²) in [6.45, 7) is 10.0. The molecule has 0 heterocycles. The van der Waals surface area contributed by atoms with Gasteiger partial charge in [0.25, 0.3) is 0 Å². The molecule has 0 saturated carbocycles. The van der Waals surface area contributed by atoms with Crippen LogP contribution >= 0.6 is 0 Å². The van der Waals surface area contributed by atoms with Gasteiger partial charge in [0.1, 0.15) is 0 Å². The number of rotatable bonds is 20. The maximum absolute atomic E-state index is 12.1. The Morgan fingerprint density at radius 2 is 1.19 bits per heavy atom. The van der Waals surface area contributed by atoms with Crippen molar-refractivity contribution in [3.8, 4) is 0 Å². The van der Waals surface area contributed by atoms with Crippen LogP contribution < -0.4 is 10.6 Å². The number of carbonyl (C=O) groups excluding carboxylic acids is 2. The van der Waals surface area contributed by atoms with Crippen LogP contribution in [0.1, 0.15) is 91.9 Å². The van der Waals surface area contributed by atoms with Crippen LogP contribution in [0.25, 0.3) is 0 Å². The highest BCUT2D eigenvalue weighted by Gasteiger charge is 2.20. The zero-order chi connectivity index (χ0) is 24.0. The molecule has 2 atom stereocenters. The smallest absolute Gasteiger partial charge is 0.220 e. The van der Waals surface area contributed by atoms with Crippen molar-refractivity contribution in [2.24, 2.45) is 0 Å². The molecule has 2 unspecified atom stereocenters. The van der Waals surface area contributed by atoms with E-state index in [1.807, 2.05) is 13.8 Å². The molecule has 0 fully saturated rings. The van der Waals surface area contributed by atoms with Crippen molar-refractivity contribution in [1.29, 1.82) is 0 Å². The fraction of sp³-hybridized carbons (Fsp3) is 0.769. The first-order chi connectivity index (χ1) is 15.5. The molecule has 2 amide bonds. The van der Waals surface area contributed by atoms with Gasteiger partial charge in [0, 0.05) is 44.6 Å². The Kier molecular flexibility index (Phi) is 20.1. The van der Waals surface area contributed by atoms with Gasteiger partial charge < -0.3 is 15.7 Å². The SMILES string of the molecule is CCCC/C=C/CCC(=O)NCC(C)N(CCO)C(C)CNC(=O)CC/C=C/CCCC. The molecule has 0 aromatic carbocycles. The van der Waals surface area contributed by atoms with Crippen LogP contribution in [0.4, 0.5) is 0 Å². The zero-order valence-corrected chi connectivity index (χ0v) is 21.1. The summed E-state index contributed by atoms with van der Waals surface area (Å²) in [5.74, 6) is 0.0998. The van der Waals surface area contributed by atoms with Gasteiger partial charge in [-0.15, -0.1) is 0 Å². The van der Waals surface area contributed by atoms with Gasteiger partial charge in [-0.1, -0.05) is 63.8 Å². The van der Waals surface area contributed by atoms with Gasteiger partial charge in [0.05, 0.1) is 6.61 Å². The van der Waals surface area contributed by atoms with Gasteiger partial charge >= 0.3 is 0 Å². The first-order valence-electron chi connectivity index (χ1n) is 12.7. The third kappa shape index (κ3) is 17.0. The molecule has 0 aromatic heterocycles. The number of aliphatic hydroxyl groups is 1. The Morgan fingerprint density at radius 3 is 1.56 bits per heavy atom. The fourth-order valence-corrected chi connectivity index (χ4v) is 3.47. The second kappa shape index (κ2) is 21.2. The summed E-state index contributed by atoms with van der Waals surface area (Å²) in [6, 6.07) is 0.138. The molecule has 186 valence electrons. The molecule has 0 aliphatic rings. The van der Waals surface area contributed by atoms with Crippen LogP contribution in [0.5, 0.6) is 0 Å². The number of allylic oxidation sites excluding steroid dienone is 4. The van der Waals surface area contributed by atoms with Gasteiger partial charge in [0.15, 0.2) is 0 Å². The number of aliphatic hydroxyl groups excluding tert-OH is 1. The molecule has 0 radical (unpaired) electrons. The van der Waals surface area contributed by atoms with Crippen molar-refractivity contribution in [2.75, 3.05) is 26.2 Å². The topological polar surface area (TPSA) is 81.7 Å². The van der Waals surface area contributed by atoms with Gasteiger partial charge in [-0.3, -0.25) is 14.5 Å². The van der Waals surface area contributed by atoms with Crippen molar-refractivity contribution in [2.45, 2.75) is 104 Å². The van der Waals surface area contributed by atoms with E-state index in [0.717, 1.165) is 25.7 Å². The maximum atomic E-state index is 12.1. The van der Waals surface area contributed by atoms with E-state index in [0.29, 0.717) is 32.5 Å². The van der Waals surface area contributed by atoms with E-state index < -0.39 is 0 Å². The summed E-state index contributed by atoms with van der Waals surface area (Å²) < 4.78 is 0. The Hall–Kier alpha value is -1.66. The number of hydrogen-bond acceptors (Lipinski definition) is 4. The van der Waals surface area contributed by atoms with Crippen molar-refractivity contribution < 1.29 is 14.7 Å². The molecule has 3 N–H and O–H groups in total. The number of hydrogen-bond donors (Lipinski definition) is 3. The molecule has 0 bridgehead atoms. The minimum Gasteiger partial charge on any atom is -0.395 e. The molecule has 0 saturated heterocycles. The molecule has 0 rings (SSSR count). The van der Waals surface area contributed by atoms with Crippen molar-refractivity contribution >= 4 is 11.8 Å². The standard InChI is InChI=1S/C26H49N3O3/c1-5-7-9-11-13-15-17-25(31)27-21-23(3)29(19-20-30)24(4)22-28-26(32)18-16-14-12-10-8-6-2/h11-14,23-24,30H,5-10,15-22H2,1-4H3,(H,27,31)(H,28,32)/b13-11+,14-12+. The summed E-state index contributed by atoms with van der Waals surface area (Å²) >= 11 is 0. The van der Waals surface area contributed by atoms with Crippen LogP contribution in [0.15, 0.2) is 24.3 Å². The molecular formula is C26H49N3O3. The van der Waals surface area contributed by atoms with E-state index in [1.54, 1.807) is 0 Å². The van der Waals surface area contributed by atoms with Gasteiger partial charge in [-0.05, 0) is 39.5 Å². The summed E-state index contributed by atoms with van der Waals surface area (Å²) in [4.78, 5) is 26.4. The van der Waals surface area contributed by atoms with Crippen molar-refractivity contribution in [3.05, 3.63) is 24.3 Å². The van der Waals surface area contributed by atoms with E-state index in [-0.39, 0.29) is 30.5 Å². The summed E-state index contributed by atoms with van der Waals surface area (Å²) in [7, 11) is 0. The van der Waals surface area contributed by atoms with Gasteiger partial charge in [0.2, 0.25) is 11.8 Å². The molecule has 6 heteroatoms. The predicted octanol–water partition coefficient (Wildman–Crippen LogP) is 4.34. The minimum atomic E-state index is 0.0433.